The first-order valence-electron chi connectivity index (χ1n) is 8.48. The van der Waals surface area contributed by atoms with Gasteiger partial charge in [-0.1, -0.05) is 43.2 Å². The molecule has 1 saturated heterocycles. The number of ketones is 1. The van der Waals surface area contributed by atoms with E-state index in [-0.39, 0.29) is 11.5 Å². The average molecular weight is 286 g/mol. The van der Waals surface area contributed by atoms with Gasteiger partial charge in [-0.2, -0.15) is 0 Å². The minimum absolute atomic E-state index is 0.0675. The molecule has 1 aliphatic carbocycles. The molecule has 1 spiro atoms. The molecule has 3 rings (SSSR count). The minimum Gasteiger partial charge on any atom is -0.375 e. The largest absolute Gasteiger partial charge is 0.375 e. The van der Waals surface area contributed by atoms with Crippen molar-refractivity contribution in [3.8, 4) is 0 Å². The summed E-state index contributed by atoms with van der Waals surface area (Å²) in [4.78, 5) is 12.5. The number of hydrogen-bond donors (Lipinski definition) is 0. The fourth-order valence-electron chi connectivity index (χ4n) is 3.99. The van der Waals surface area contributed by atoms with Crippen molar-refractivity contribution in [3.05, 3.63) is 35.9 Å². The molecule has 0 bridgehead atoms. The Bertz CT molecular complexity index is 460. The van der Waals surface area contributed by atoms with E-state index in [0.717, 1.165) is 38.7 Å². The molecular weight excluding hydrogens is 260 g/mol. The summed E-state index contributed by atoms with van der Waals surface area (Å²) in [5.41, 5.74) is 1.41. The van der Waals surface area contributed by atoms with Crippen LogP contribution < -0.4 is 0 Å². The molecule has 1 aromatic carbocycles. The van der Waals surface area contributed by atoms with Gasteiger partial charge in [0.15, 0.2) is 0 Å². The van der Waals surface area contributed by atoms with Crippen LogP contribution in [0.2, 0.25) is 0 Å². The third kappa shape index (κ3) is 3.74. The minimum atomic E-state index is 0.0675. The van der Waals surface area contributed by atoms with E-state index in [9.17, 15) is 4.79 Å². The third-order valence-electron chi connectivity index (χ3n) is 5.19. The molecule has 0 radical (unpaired) electrons. The number of benzene rings is 1. The summed E-state index contributed by atoms with van der Waals surface area (Å²) in [6.45, 7) is 0.787. The molecule has 2 heteroatoms. The van der Waals surface area contributed by atoms with Gasteiger partial charge in [-0.15, -0.1) is 0 Å². The summed E-state index contributed by atoms with van der Waals surface area (Å²) in [5.74, 6) is 0.730. The van der Waals surface area contributed by atoms with Crippen LogP contribution in [0.3, 0.4) is 0 Å². The van der Waals surface area contributed by atoms with Gasteiger partial charge >= 0.3 is 0 Å². The molecule has 2 fully saturated rings. The molecule has 0 N–H and O–H groups in total. The SMILES string of the molecule is O=C(CCCc1ccccc1)C1CCOC2(CCCC2)C1. The van der Waals surface area contributed by atoms with Gasteiger partial charge in [0.2, 0.25) is 0 Å². The van der Waals surface area contributed by atoms with Crippen molar-refractivity contribution >= 4 is 5.78 Å². The number of carbonyl (C=O) groups excluding carboxylic acids is 1. The second kappa shape index (κ2) is 6.74. The topological polar surface area (TPSA) is 26.3 Å². The molecule has 1 aliphatic heterocycles. The van der Waals surface area contributed by atoms with Crippen LogP contribution in [0.1, 0.15) is 56.9 Å². The lowest BCUT2D eigenvalue weighted by Gasteiger charge is -2.37. The van der Waals surface area contributed by atoms with Gasteiger partial charge in [0, 0.05) is 18.9 Å². The van der Waals surface area contributed by atoms with Crippen LogP contribution in [-0.2, 0) is 16.0 Å². The Morgan fingerprint density at radius 3 is 2.71 bits per heavy atom. The Morgan fingerprint density at radius 2 is 1.95 bits per heavy atom. The van der Waals surface area contributed by atoms with Gasteiger partial charge in [0.05, 0.1) is 5.60 Å². The summed E-state index contributed by atoms with van der Waals surface area (Å²) in [5, 5.41) is 0. The molecule has 21 heavy (non-hydrogen) atoms. The third-order valence-corrected chi connectivity index (χ3v) is 5.19. The molecule has 1 unspecified atom stereocenters. The lowest BCUT2D eigenvalue weighted by atomic mass is 9.81. The summed E-state index contributed by atoms with van der Waals surface area (Å²) in [6.07, 6.45) is 9.53. The van der Waals surface area contributed by atoms with Crippen LogP contribution in [-0.4, -0.2) is 18.0 Å². The van der Waals surface area contributed by atoms with Gasteiger partial charge < -0.3 is 4.74 Å². The Kier molecular flexibility index (Phi) is 4.74. The Balaban J connectivity index is 1.46. The maximum atomic E-state index is 12.5. The Morgan fingerprint density at radius 1 is 1.19 bits per heavy atom. The molecule has 0 amide bonds. The number of hydrogen-bond acceptors (Lipinski definition) is 2. The second-order valence-electron chi connectivity index (χ2n) is 6.73. The number of aryl methyl sites for hydroxylation is 1. The quantitative estimate of drug-likeness (QED) is 0.806. The highest BCUT2D eigenvalue weighted by atomic mass is 16.5. The molecular formula is C19H26O2. The van der Waals surface area contributed by atoms with Gasteiger partial charge in [0.25, 0.3) is 0 Å². The van der Waals surface area contributed by atoms with Crippen molar-refractivity contribution in [2.45, 2.75) is 63.4 Å². The van der Waals surface area contributed by atoms with E-state index >= 15 is 0 Å². The lowest BCUT2D eigenvalue weighted by Crippen LogP contribution is -2.39. The summed E-state index contributed by atoms with van der Waals surface area (Å²) in [6, 6.07) is 10.5. The number of rotatable bonds is 5. The van der Waals surface area contributed by atoms with Gasteiger partial charge in [0.1, 0.15) is 5.78 Å². The highest BCUT2D eigenvalue weighted by Gasteiger charge is 2.41. The molecule has 1 saturated carbocycles. The van der Waals surface area contributed by atoms with E-state index in [4.69, 9.17) is 4.74 Å². The number of carbonyl (C=O) groups is 1. The van der Waals surface area contributed by atoms with Crippen molar-refractivity contribution in [3.63, 3.8) is 0 Å². The van der Waals surface area contributed by atoms with Crippen LogP contribution in [0, 0.1) is 5.92 Å². The molecule has 114 valence electrons. The predicted octanol–water partition coefficient (Wildman–Crippen LogP) is 4.32. The zero-order valence-corrected chi connectivity index (χ0v) is 12.9. The highest BCUT2D eigenvalue weighted by molar-refractivity contribution is 5.81. The zero-order chi connectivity index (χ0) is 14.5. The molecule has 1 aromatic rings. The van der Waals surface area contributed by atoms with Gasteiger partial charge in [-0.25, -0.2) is 0 Å². The summed E-state index contributed by atoms with van der Waals surface area (Å²) < 4.78 is 6.03. The van der Waals surface area contributed by atoms with Crippen LogP contribution in [0.4, 0.5) is 0 Å². The molecule has 2 nitrogen and oxygen atoms in total. The van der Waals surface area contributed by atoms with Crippen molar-refractivity contribution in [1.29, 1.82) is 0 Å². The van der Waals surface area contributed by atoms with Gasteiger partial charge in [-0.3, -0.25) is 4.79 Å². The number of Topliss-reactive ketones (excluding diaryl/α,β-unsaturated/α-hetero) is 1. The van der Waals surface area contributed by atoms with E-state index in [1.54, 1.807) is 0 Å². The van der Waals surface area contributed by atoms with Crippen LogP contribution in [0.5, 0.6) is 0 Å². The fourth-order valence-corrected chi connectivity index (χ4v) is 3.99. The van der Waals surface area contributed by atoms with Crippen LogP contribution in [0.15, 0.2) is 30.3 Å². The van der Waals surface area contributed by atoms with Crippen molar-refractivity contribution in [2.24, 2.45) is 5.92 Å². The molecule has 1 atom stereocenters. The van der Waals surface area contributed by atoms with Gasteiger partial charge in [-0.05, 0) is 44.1 Å². The van der Waals surface area contributed by atoms with Crippen molar-refractivity contribution in [2.75, 3.05) is 6.61 Å². The molecule has 2 aliphatic rings. The van der Waals surface area contributed by atoms with Crippen molar-refractivity contribution in [1.82, 2.24) is 0 Å². The maximum Gasteiger partial charge on any atom is 0.136 e. The van der Waals surface area contributed by atoms with Crippen LogP contribution >= 0.6 is 0 Å². The smallest absolute Gasteiger partial charge is 0.136 e. The summed E-state index contributed by atoms with van der Waals surface area (Å²) >= 11 is 0. The molecule has 1 heterocycles. The first-order valence-corrected chi connectivity index (χ1v) is 8.48. The van der Waals surface area contributed by atoms with Crippen LogP contribution in [0.25, 0.3) is 0 Å². The van der Waals surface area contributed by atoms with E-state index in [0.29, 0.717) is 5.78 Å². The van der Waals surface area contributed by atoms with Crippen molar-refractivity contribution < 1.29 is 9.53 Å². The number of ether oxygens (including phenoxy) is 1. The second-order valence-corrected chi connectivity index (χ2v) is 6.73. The highest BCUT2D eigenvalue weighted by Crippen LogP contribution is 2.42. The monoisotopic (exact) mass is 286 g/mol. The Labute approximate surface area is 127 Å². The first kappa shape index (κ1) is 14.8. The van der Waals surface area contributed by atoms with E-state index < -0.39 is 0 Å². The standard InChI is InChI=1S/C19H26O2/c20-18(10-6-9-16-7-2-1-3-8-16)17-11-14-21-19(15-17)12-4-5-13-19/h1-3,7-8,17H,4-6,9-15H2. The maximum absolute atomic E-state index is 12.5. The Hall–Kier alpha value is -1.15. The predicted molar refractivity (Wildman–Crippen MR) is 84.3 cm³/mol. The summed E-state index contributed by atoms with van der Waals surface area (Å²) in [7, 11) is 0. The average Bonchev–Trinajstić information content (AvgIpc) is 2.96. The van der Waals surface area contributed by atoms with E-state index in [1.165, 1.54) is 31.2 Å². The first-order chi connectivity index (χ1) is 10.3. The fraction of sp³-hybridized carbons (Fsp3) is 0.632. The zero-order valence-electron chi connectivity index (χ0n) is 12.9. The normalized spacial score (nSPS) is 24.3. The van der Waals surface area contributed by atoms with E-state index in [1.807, 2.05) is 6.07 Å². The molecule has 0 aromatic heterocycles. The van der Waals surface area contributed by atoms with E-state index in [2.05, 4.69) is 24.3 Å². The lowest BCUT2D eigenvalue weighted by molar-refractivity contribution is -0.136.